The third-order valence-electron chi connectivity index (χ3n) is 6.21. The highest BCUT2D eigenvalue weighted by Crippen LogP contribution is 2.58. The summed E-state index contributed by atoms with van der Waals surface area (Å²) in [5.74, 6) is 4.66. The molecular weight excluding hydrogens is 452 g/mol. The van der Waals surface area contributed by atoms with Crippen LogP contribution in [-0.4, -0.2) is 35.2 Å². The minimum absolute atomic E-state index is 0.181. The first-order valence-electron chi connectivity index (χ1n) is 9.96. The van der Waals surface area contributed by atoms with Crippen molar-refractivity contribution in [2.24, 2.45) is 11.8 Å². The second-order valence-electron chi connectivity index (χ2n) is 7.81. The lowest BCUT2D eigenvalue weighted by Crippen LogP contribution is -2.18. The summed E-state index contributed by atoms with van der Waals surface area (Å²) in [6.45, 7) is 4.74. The number of methoxy groups -OCH3 is 4. The largest absolute Gasteiger partial charge is 0.492 e. The molecule has 0 bridgehead atoms. The Morgan fingerprint density at radius 1 is 0.800 bits per heavy atom. The predicted octanol–water partition coefficient (Wildman–Crippen LogP) is 5.25. The van der Waals surface area contributed by atoms with Crippen LogP contribution in [0.15, 0.2) is 10.5 Å². The minimum atomic E-state index is 0.181. The number of fused-ring (bicyclic) bond motifs is 4. The summed E-state index contributed by atoms with van der Waals surface area (Å²) < 4.78 is 35.6. The van der Waals surface area contributed by atoms with E-state index in [1.807, 2.05) is 0 Å². The predicted molar refractivity (Wildman–Crippen MR) is 118 cm³/mol. The van der Waals surface area contributed by atoms with Gasteiger partial charge in [-0.25, -0.2) is 0 Å². The van der Waals surface area contributed by atoms with Crippen LogP contribution in [0.5, 0.6) is 34.5 Å². The molecule has 0 aromatic heterocycles. The topological polar surface area (TPSA) is 55.4 Å². The lowest BCUT2D eigenvalue weighted by Gasteiger charge is -2.31. The zero-order valence-corrected chi connectivity index (χ0v) is 19.8. The van der Waals surface area contributed by atoms with Crippen LogP contribution in [-0.2, 0) is 12.8 Å². The van der Waals surface area contributed by atoms with E-state index in [1.54, 1.807) is 28.4 Å². The molecule has 2 aromatic carbocycles. The van der Waals surface area contributed by atoms with E-state index >= 15 is 0 Å². The fraction of sp³-hybridized carbons (Fsp3) is 0.478. The van der Waals surface area contributed by atoms with Crippen LogP contribution in [0.4, 0.5) is 0 Å². The highest BCUT2D eigenvalue weighted by Gasteiger charge is 2.36. The van der Waals surface area contributed by atoms with Gasteiger partial charge in [0.2, 0.25) is 18.3 Å². The van der Waals surface area contributed by atoms with Gasteiger partial charge in [0, 0.05) is 11.1 Å². The van der Waals surface area contributed by atoms with Gasteiger partial charge < -0.3 is 28.4 Å². The lowest BCUT2D eigenvalue weighted by molar-refractivity contribution is 0.171. The first-order valence-corrected chi connectivity index (χ1v) is 10.8. The van der Waals surface area contributed by atoms with Gasteiger partial charge in [0.25, 0.3) is 0 Å². The zero-order chi connectivity index (χ0) is 21.6. The van der Waals surface area contributed by atoms with E-state index in [4.69, 9.17) is 28.4 Å². The zero-order valence-electron chi connectivity index (χ0n) is 18.2. The number of rotatable bonds is 4. The second kappa shape index (κ2) is 8.10. The molecule has 6 nitrogen and oxygen atoms in total. The van der Waals surface area contributed by atoms with E-state index in [1.165, 1.54) is 0 Å². The van der Waals surface area contributed by atoms with Gasteiger partial charge in [-0.05, 0) is 57.8 Å². The van der Waals surface area contributed by atoms with Gasteiger partial charge in [0.1, 0.15) is 0 Å². The molecule has 2 atom stereocenters. The maximum atomic E-state index is 5.91. The molecule has 30 heavy (non-hydrogen) atoms. The summed E-state index contributed by atoms with van der Waals surface area (Å²) >= 11 is 3.79. The van der Waals surface area contributed by atoms with E-state index in [-0.39, 0.29) is 6.79 Å². The molecule has 0 unspecified atom stereocenters. The van der Waals surface area contributed by atoms with Gasteiger partial charge in [-0.3, -0.25) is 0 Å². The van der Waals surface area contributed by atoms with Gasteiger partial charge in [0.15, 0.2) is 23.0 Å². The smallest absolute Gasteiger partial charge is 0.231 e. The highest BCUT2D eigenvalue weighted by molar-refractivity contribution is 9.10. The summed E-state index contributed by atoms with van der Waals surface area (Å²) in [4.78, 5) is 0. The van der Waals surface area contributed by atoms with Crippen LogP contribution in [0.1, 0.15) is 25.0 Å². The number of hydrogen-bond acceptors (Lipinski definition) is 6. The molecule has 1 aliphatic carbocycles. The first kappa shape index (κ1) is 21.0. The molecule has 2 aliphatic rings. The molecule has 2 aromatic rings. The Bertz CT molecular complexity index is 987. The summed E-state index contributed by atoms with van der Waals surface area (Å²) in [6, 6.07) is 2.07. The third-order valence-corrected chi connectivity index (χ3v) is 7.05. The fourth-order valence-electron chi connectivity index (χ4n) is 4.48. The number of hydrogen-bond donors (Lipinski definition) is 0. The number of ether oxygens (including phenoxy) is 6. The molecule has 0 fully saturated rings. The molecule has 1 heterocycles. The second-order valence-corrected chi connectivity index (χ2v) is 8.60. The van der Waals surface area contributed by atoms with Crippen molar-refractivity contribution in [2.45, 2.75) is 26.7 Å². The third kappa shape index (κ3) is 3.06. The molecular formula is C23H27BrO6. The summed E-state index contributed by atoms with van der Waals surface area (Å²) in [5, 5.41) is 0. The summed E-state index contributed by atoms with van der Waals surface area (Å²) in [5.41, 5.74) is 4.12. The van der Waals surface area contributed by atoms with Crippen molar-refractivity contribution in [1.82, 2.24) is 0 Å². The van der Waals surface area contributed by atoms with Crippen LogP contribution in [0.3, 0.4) is 0 Å². The molecule has 0 saturated carbocycles. The molecule has 7 heteroatoms. The van der Waals surface area contributed by atoms with Gasteiger partial charge in [-0.15, -0.1) is 0 Å². The lowest BCUT2D eigenvalue weighted by atomic mass is 9.77. The first-order chi connectivity index (χ1) is 14.5. The van der Waals surface area contributed by atoms with Crippen LogP contribution in [0.2, 0.25) is 0 Å². The van der Waals surface area contributed by atoms with Crippen molar-refractivity contribution < 1.29 is 28.4 Å². The van der Waals surface area contributed by atoms with Crippen molar-refractivity contribution in [3.63, 3.8) is 0 Å². The van der Waals surface area contributed by atoms with Crippen LogP contribution < -0.4 is 28.4 Å². The standard InChI is InChI=1S/C23H27BrO6/c1-11-7-13-9-15-19(30-10-29-15)20(25-3)16(13)17-14(8-12(11)2)18(24)22(27-5)23(28-6)21(17)26-4/h9,11-12H,7-8,10H2,1-6H3/t11-,12+/m0/s1. The Hall–Kier alpha value is -2.28. The van der Waals surface area contributed by atoms with Crippen molar-refractivity contribution >= 4 is 15.9 Å². The van der Waals surface area contributed by atoms with Crippen molar-refractivity contribution in [3.8, 4) is 45.6 Å². The molecule has 1 aliphatic heterocycles. The summed E-state index contributed by atoms with van der Waals surface area (Å²) in [6.07, 6.45) is 1.74. The van der Waals surface area contributed by atoms with E-state index in [0.29, 0.717) is 46.3 Å². The minimum Gasteiger partial charge on any atom is -0.492 e. The molecule has 0 amide bonds. The number of halogens is 1. The van der Waals surface area contributed by atoms with Gasteiger partial charge in [0.05, 0.1) is 32.9 Å². The van der Waals surface area contributed by atoms with Gasteiger partial charge in [-0.2, -0.15) is 0 Å². The fourth-order valence-corrected chi connectivity index (χ4v) is 5.18. The average molecular weight is 479 g/mol. The average Bonchev–Trinajstić information content (AvgIpc) is 3.20. The molecule has 0 N–H and O–H groups in total. The highest BCUT2D eigenvalue weighted by atomic mass is 79.9. The molecule has 4 rings (SSSR count). The number of benzene rings is 2. The normalized spacial score (nSPS) is 19.3. The van der Waals surface area contributed by atoms with E-state index in [2.05, 4.69) is 35.8 Å². The Morgan fingerprint density at radius 2 is 1.43 bits per heavy atom. The van der Waals surface area contributed by atoms with Gasteiger partial charge >= 0.3 is 0 Å². The van der Waals surface area contributed by atoms with Crippen LogP contribution >= 0.6 is 15.9 Å². The van der Waals surface area contributed by atoms with Crippen LogP contribution in [0, 0.1) is 11.8 Å². The monoisotopic (exact) mass is 478 g/mol. The quantitative estimate of drug-likeness (QED) is 0.597. The van der Waals surface area contributed by atoms with Crippen molar-refractivity contribution in [1.29, 1.82) is 0 Å². The maximum absolute atomic E-state index is 5.91. The molecule has 0 saturated heterocycles. The SMILES string of the molecule is COc1c(Br)c2c(c(OC)c1OC)-c1c(cc3c(c1OC)OCO3)C[C@H](C)[C@H](C)C2. The maximum Gasteiger partial charge on any atom is 0.231 e. The Kier molecular flexibility index (Phi) is 5.66. The van der Waals surface area contributed by atoms with Gasteiger partial charge in [-0.1, -0.05) is 13.8 Å². The van der Waals surface area contributed by atoms with E-state index in [0.717, 1.165) is 39.6 Å². The Balaban J connectivity index is 2.17. The van der Waals surface area contributed by atoms with Crippen molar-refractivity contribution in [3.05, 3.63) is 21.7 Å². The molecule has 0 spiro atoms. The Labute approximate surface area is 185 Å². The molecule has 0 radical (unpaired) electrons. The van der Waals surface area contributed by atoms with E-state index in [9.17, 15) is 0 Å². The van der Waals surface area contributed by atoms with Crippen molar-refractivity contribution in [2.75, 3.05) is 35.2 Å². The summed E-state index contributed by atoms with van der Waals surface area (Å²) in [7, 11) is 6.56. The van der Waals surface area contributed by atoms with Crippen LogP contribution in [0.25, 0.3) is 11.1 Å². The Morgan fingerprint density at radius 3 is 2.07 bits per heavy atom. The molecule has 162 valence electrons. The van der Waals surface area contributed by atoms with E-state index < -0.39 is 0 Å².